The number of amides is 1. The number of aryl methyl sites for hydroxylation is 2. The Balaban J connectivity index is 0.000000222. The van der Waals surface area contributed by atoms with Gasteiger partial charge in [0.2, 0.25) is 11.9 Å². The zero-order valence-electron chi connectivity index (χ0n) is 49.1. The number of nitrogens with two attached hydrogens (primary N) is 1. The smallest absolute Gasteiger partial charge is 0.257 e. The molecule has 6 heterocycles. The molecular weight excluding hydrogens is 1230 g/mol. The van der Waals surface area contributed by atoms with E-state index in [9.17, 15) is 26.7 Å². The van der Waals surface area contributed by atoms with E-state index in [2.05, 4.69) is 198 Å². The van der Waals surface area contributed by atoms with Crippen LogP contribution in [0.15, 0.2) is 88.8 Å². The second kappa shape index (κ2) is 36.1. The number of ether oxygens (including phenoxy) is 2. The molecule has 0 bridgehead atoms. The fourth-order valence-electron chi connectivity index (χ4n) is 9.02. The molecule has 2 aromatic heterocycles. The quantitative estimate of drug-likeness (QED) is 0.132. The molecule has 0 aliphatic carbocycles. The first-order valence-corrected chi connectivity index (χ1v) is 29.1. The van der Waals surface area contributed by atoms with Gasteiger partial charge < -0.3 is 20.5 Å². The molecule has 6 atom stereocenters. The fourth-order valence-corrected chi connectivity index (χ4v) is 11.2. The molecule has 4 aliphatic heterocycles. The summed E-state index contributed by atoms with van der Waals surface area (Å²) in [5.41, 5.74) is 5.58. The van der Waals surface area contributed by atoms with Crippen molar-refractivity contribution in [3.05, 3.63) is 142 Å². The molecule has 0 radical (unpaired) electrons. The number of rotatable bonds is 5. The molecule has 456 valence electrons. The standard InChI is InChI=1S/C32H6.C24H21F3N4O2S.C17H17F3N4OS.CH4/c1-3-5-7-9-11-13-15-17-19-21-23-25-27-29-31-32-30-28-26-24-22-20-18-16-14-12-10-8-6-4-2;1-31-21(27)11-19(30-31)20-9-15-12-34-23(28-22(32)14-5-3-2-4-6-14)29-24(15,13-33-20)17-8-7-16(25)10-18(17)26;1-24-15(20)6-13(23-24)14-4-9-7-26-16(21)22-17(9,8-25-14)11-3-2-10(18)5-12(11)19;/h1-2H3;2-8,10-11,15,20H,9,12-13H2,1H3,(H,28,29,32);2-3,5-6,9,14H,4,7-8H2,1H3,(H2,21,22);1H4/t;15-,20+,24-;9-,14+,17-;/m.00./s1. The summed E-state index contributed by atoms with van der Waals surface area (Å²) in [6.07, 6.45) is -0.0168. The van der Waals surface area contributed by atoms with E-state index in [1.807, 2.05) is 6.07 Å². The second-order valence-corrected chi connectivity index (χ2v) is 21.0. The van der Waals surface area contributed by atoms with Gasteiger partial charge in [-0.2, -0.15) is 19.0 Å². The summed E-state index contributed by atoms with van der Waals surface area (Å²) in [4.78, 5) is 22.0. The van der Waals surface area contributed by atoms with Gasteiger partial charge in [0.1, 0.15) is 46.6 Å². The van der Waals surface area contributed by atoms with Crippen LogP contribution in [0.3, 0.4) is 0 Å². The lowest BCUT2D eigenvalue weighted by atomic mass is 9.74. The Kier molecular flexibility index (Phi) is 27.3. The number of nitrogens with zero attached hydrogens (tertiary/aromatic N) is 6. The number of hydrogen-bond donors (Lipinski definition) is 2. The lowest BCUT2D eigenvalue weighted by Gasteiger charge is -2.46. The average Bonchev–Trinajstić information content (AvgIpc) is 1.17. The molecule has 93 heavy (non-hydrogen) atoms. The third-order valence-electron chi connectivity index (χ3n) is 13.2. The first-order chi connectivity index (χ1) is 44.7. The Hall–Kier alpha value is -11.7. The molecule has 1 amide bonds. The number of amidine groups is 2. The summed E-state index contributed by atoms with van der Waals surface area (Å²) in [7, 11) is 3.02. The molecule has 5 aromatic rings. The maximum atomic E-state index is 15.0. The van der Waals surface area contributed by atoms with Gasteiger partial charge in [-0.3, -0.25) is 4.79 Å². The van der Waals surface area contributed by atoms with Crippen molar-refractivity contribution in [2.45, 2.75) is 57.4 Å². The zero-order chi connectivity index (χ0) is 65.6. The first kappa shape index (κ1) is 70.4. The van der Waals surface area contributed by atoms with Crippen molar-refractivity contribution in [1.82, 2.24) is 24.9 Å². The number of aromatic nitrogens is 4. The van der Waals surface area contributed by atoms with E-state index in [1.165, 1.54) is 74.0 Å². The van der Waals surface area contributed by atoms with Gasteiger partial charge in [0.25, 0.3) is 5.91 Å². The lowest BCUT2D eigenvalue weighted by molar-refractivity contribution is -0.0608. The van der Waals surface area contributed by atoms with Crippen molar-refractivity contribution in [3.63, 3.8) is 0 Å². The van der Waals surface area contributed by atoms with E-state index in [0.717, 1.165) is 21.5 Å². The summed E-state index contributed by atoms with van der Waals surface area (Å²) in [6.45, 7) is 3.41. The van der Waals surface area contributed by atoms with E-state index in [0.29, 0.717) is 51.6 Å². The van der Waals surface area contributed by atoms with E-state index in [1.54, 1.807) is 38.1 Å². The van der Waals surface area contributed by atoms with Gasteiger partial charge in [-0.1, -0.05) is 73.1 Å². The molecule has 4 aliphatic rings. The third-order valence-corrected chi connectivity index (χ3v) is 15.1. The molecule has 11 nitrogen and oxygen atoms in total. The van der Waals surface area contributed by atoms with Crippen molar-refractivity contribution in [1.29, 1.82) is 0 Å². The summed E-state index contributed by atoms with van der Waals surface area (Å²) >= 11 is 2.73. The summed E-state index contributed by atoms with van der Waals surface area (Å²) in [5.74, 6) is 72.4. The van der Waals surface area contributed by atoms with Gasteiger partial charge in [0.05, 0.1) is 24.6 Å². The monoisotopic (exact) mass is 1270 g/mol. The van der Waals surface area contributed by atoms with Crippen molar-refractivity contribution in [2.75, 3.05) is 24.7 Å². The highest BCUT2D eigenvalue weighted by molar-refractivity contribution is 8.14. The predicted octanol–water partition coefficient (Wildman–Crippen LogP) is 8.93. The first-order valence-electron chi connectivity index (χ1n) is 27.1. The minimum atomic E-state index is -1.17. The van der Waals surface area contributed by atoms with Gasteiger partial charge >= 0.3 is 0 Å². The summed E-state index contributed by atoms with van der Waals surface area (Å²) in [5, 5.41) is 11.8. The van der Waals surface area contributed by atoms with Crippen LogP contribution < -0.4 is 11.1 Å². The number of halogens is 6. The zero-order valence-corrected chi connectivity index (χ0v) is 50.8. The number of nitrogens with one attached hydrogen (secondary N) is 1. The lowest BCUT2D eigenvalue weighted by Crippen LogP contribution is -2.49. The SMILES string of the molecule is C.CC#CC#CC#CC#CC#CC#CC#CC#CC#CC#CC#CC#CC#CC#CC#CC.Cn1nc([C@H]2C[C@H]3CSC(N)=N[C@@]3(c3ccc(F)cc3F)CO2)cc1F.Cn1nc([C@H]2C[C@H]3CSC(NC(=O)c4ccccc4)=N[C@@]3(c3ccc(F)cc3F)CO2)cc1F. The summed E-state index contributed by atoms with van der Waals surface area (Å²) < 4.78 is 98.3. The van der Waals surface area contributed by atoms with Crippen molar-refractivity contribution >= 4 is 39.8 Å². The maximum absolute atomic E-state index is 15.0. The van der Waals surface area contributed by atoms with Gasteiger partial charge in [0, 0.05) is 149 Å². The highest BCUT2D eigenvalue weighted by atomic mass is 32.2. The minimum absolute atomic E-state index is 0. The average molecular weight is 1280 g/mol. The van der Waals surface area contributed by atoms with Gasteiger partial charge in [-0.15, -0.1) is 0 Å². The van der Waals surface area contributed by atoms with Crippen molar-refractivity contribution < 1.29 is 40.6 Å². The topological polar surface area (TPSA) is 134 Å². The second-order valence-electron chi connectivity index (χ2n) is 18.9. The van der Waals surface area contributed by atoms with E-state index in [4.69, 9.17) is 20.2 Å². The Bertz CT molecular complexity index is 4630. The fraction of sp³-hybridized carbons (Fsp3) is 0.230. The normalized spacial score (nSPS) is 18.2. The molecule has 0 spiro atoms. The molecule has 3 N–H and O–H groups in total. The highest BCUT2D eigenvalue weighted by Crippen LogP contribution is 2.51. The van der Waals surface area contributed by atoms with Gasteiger partial charge in [0.15, 0.2) is 10.3 Å². The molecule has 0 unspecified atom stereocenters. The number of benzene rings is 3. The van der Waals surface area contributed by atoms with Crippen LogP contribution in [0.1, 0.15) is 79.2 Å². The van der Waals surface area contributed by atoms with Crippen LogP contribution in [0.4, 0.5) is 26.3 Å². The van der Waals surface area contributed by atoms with Crippen LogP contribution in [-0.2, 0) is 34.6 Å². The minimum Gasteiger partial charge on any atom is -0.379 e. The molecule has 19 heteroatoms. The van der Waals surface area contributed by atoms with Gasteiger partial charge in [-0.25, -0.2) is 36.9 Å². The maximum Gasteiger partial charge on any atom is 0.257 e. The largest absolute Gasteiger partial charge is 0.379 e. The van der Waals surface area contributed by atoms with Crippen LogP contribution in [0.25, 0.3) is 0 Å². The van der Waals surface area contributed by atoms with Crippen LogP contribution in [-0.4, -0.2) is 60.5 Å². The van der Waals surface area contributed by atoms with Crippen molar-refractivity contribution in [3.8, 4) is 178 Å². The molecule has 9 rings (SSSR count). The molecule has 2 saturated heterocycles. The molecule has 3 aromatic carbocycles. The number of aliphatic imine (C=N–C) groups is 2. The molecule has 0 saturated carbocycles. The Morgan fingerprint density at radius 2 is 0.871 bits per heavy atom. The third kappa shape index (κ3) is 20.4. The van der Waals surface area contributed by atoms with E-state index < -0.39 is 58.5 Å². The molecular formula is C74H48F6N8O3S2. The number of carbonyl (C=O) groups excluding carboxylic acids is 1. The number of hydrogen-bond acceptors (Lipinski definition) is 10. The summed E-state index contributed by atoms with van der Waals surface area (Å²) in [6, 6.07) is 18.2. The van der Waals surface area contributed by atoms with Crippen LogP contribution in [0.5, 0.6) is 0 Å². The van der Waals surface area contributed by atoms with Crippen LogP contribution in [0.2, 0.25) is 0 Å². The van der Waals surface area contributed by atoms with Crippen LogP contribution >= 0.6 is 23.5 Å². The van der Waals surface area contributed by atoms with Gasteiger partial charge in [-0.05, 0) is 146 Å². The van der Waals surface area contributed by atoms with E-state index >= 15 is 4.39 Å². The molecule has 2 fully saturated rings. The Labute approximate surface area is 545 Å². The number of fused-ring (bicyclic) bond motifs is 2. The van der Waals surface area contributed by atoms with E-state index in [-0.39, 0.29) is 49.5 Å². The Morgan fingerprint density at radius 1 is 0.516 bits per heavy atom. The number of carbonyl (C=O) groups is 1. The van der Waals surface area contributed by atoms with Crippen LogP contribution in [0, 0.1) is 225 Å². The van der Waals surface area contributed by atoms with Crippen molar-refractivity contribution in [2.24, 2.45) is 41.6 Å². The highest BCUT2D eigenvalue weighted by Gasteiger charge is 2.52. The Morgan fingerprint density at radius 3 is 1.22 bits per heavy atom. The predicted molar refractivity (Wildman–Crippen MR) is 349 cm³/mol. The number of thioether (sulfide) groups is 2.